The van der Waals surface area contributed by atoms with Crippen molar-refractivity contribution in [2.24, 2.45) is 0 Å². The fraction of sp³-hybridized carbons (Fsp3) is 0. The molecule has 0 aliphatic heterocycles. The average Bonchev–Trinajstić information content (AvgIpc) is 2.46. The van der Waals surface area contributed by atoms with Gasteiger partial charge in [-0.15, -0.1) is 0 Å². The zero-order valence-corrected chi connectivity index (χ0v) is 12.1. The number of carbonyl (C=O) groups is 1. The van der Waals surface area contributed by atoms with Gasteiger partial charge in [0.2, 0.25) is 0 Å². The molecule has 0 amide bonds. The summed E-state index contributed by atoms with van der Waals surface area (Å²) in [6, 6.07) is 15.7. The predicted molar refractivity (Wildman–Crippen MR) is 79.0 cm³/mol. The van der Waals surface area contributed by atoms with Crippen LogP contribution in [0.1, 0.15) is 5.56 Å². The Hall–Kier alpha value is -2.23. The van der Waals surface area contributed by atoms with Crippen LogP contribution in [0, 0.1) is 10.1 Å². The minimum absolute atomic E-state index is 0.0435. The van der Waals surface area contributed by atoms with Gasteiger partial charge in [-0.3, -0.25) is 0 Å². The van der Waals surface area contributed by atoms with E-state index in [1.54, 1.807) is 18.2 Å². The molecule has 0 heterocycles. The summed E-state index contributed by atoms with van der Waals surface area (Å²) >= 11 is -0.238. The number of allylic oxidation sites excluding steroid dienone is 1. The SMILES string of the molecule is O=C(/C=C/c1ccc([N+](=O)[O-])cc1)[Se]c1ccccc1. The standard InChI is InChI=1S/C15H11NO3Se/c17-15(20-14-4-2-1-3-5-14)11-8-12-6-9-13(10-7-12)16(18)19/h1-11H/b11-8+. The van der Waals surface area contributed by atoms with E-state index in [-0.39, 0.29) is 25.3 Å². The quantitative estimate of drug-likeness (QED) is 0.365. The Morgan fingerprint density at radius 1 is 1.05 bits per heavy atom. The summed E-state index contributed by atoms with van der Waals surface area (Å²) < 4.78 is 1.08. The van der Waals surface area contributed by atoms with E-state index in [1.807, 2.05) is 30.3 Å². The molecule has 0 N–H and O–H groups in total. The van der Waals surface area contributed by atoms with Crippen LogP contribution in [0.5, 0.6) is 0 Å². The number of hydrogen-bond donors (Lipinski definition) is 0. The molecule has 4 nitrogen and oxygen atoms in total. The second-order valence-corrected chi connectivity index (χ2v) is 6.18. The molecular weight excluding hydrogens is 321 g/mol. The molecule has 0 saturated heterocycles. The van der Waals surface area contributed by atoms with Gasteiger partial charge in [-0.1, -0.05) is 0 Å². The Morgan fingerprint density at radius 3 is 2.30 bits per heavy atom. The van der Waals surface area contributed by atoms with Crippen molar-refractivity contribution in [2.75, 3.05) is 0 Å². The molecule has 2 aromatic carbocycles. The van der Waals surface area contributed by atoms with Crippen molar-refractivity contribution in [3.8, 4) is 0 Å². The van der Waals surface area contributed by atoms with E-state index < -0.39 is 4.92 Å². The van der Waals surface area contributed by atoms with Crippen LogP contribution in [-0.2, 0) is 4.79 Å². The van der Waals surface area contributed by atoms with Crippen molar-refractivity contribution >= 4 is 35.9 Å². The molecule has 0 atom stereocenters. The second-order valence-electron chi connectivity index (χ2n) is 3.92. The van der Waals surface area contributed by atoms with E-state index in [9.17, 15) is 14.9 Å². The molecule has 0 bridgehead atoms. The van der Waals surface area contributed by atoms with E-state index in [0.717, 1.165) is 10.0 Å². The van der Waals surface area contributed by atoms with Crippen molar-refractivity contribution in [3.05, 3.63) is 76.4 Å². The Morgan fingerprint density at radius 2 is 1.70 bits per heavy atom. The van der Waals surface area contributed by atoms with Crippen LogP contribution < -0.4 is 4.46 Å². The van der Waals surface area contributed by atoms with Gasteiger partial charge in [0.05, 0.1) is 0 Å². The fourth-order valence-corrected chi connectivity index (χ4v) is 2.90. The number of hydrogen-bond acceptors (Lipinski definition) is 3. The first-order valence-corrected chi connectivity index (χ1v) is 7.56. The van der Waals surface area contributed by atoms with Gasteiger partial charge in [-0.25, -0.2) is 0 Å². The molecule has 0 fully saturated rings. The molecule has 2 aromatic rings. The average molecular weight is 332 g/mol. The summed E-state index contributed by atoms with van der Waals surface area (Å²) in [5, 5.41) is 10.5. The van der Waals surface area contributed by atoms with Crippen LogP contribution in [-0.4, -0.2) is 24.6 Å². The van der Waals surface area contributed by atoms with Crippen molar-refractivity contribution in [1.82, 2.24) is 0 Å². The fourth-order valence-electron chi connectivity index (χ4n) is 1.51. The van der Waals surface area contributed by atoms with Gasteiger partial charge in [0.15, 0.2) is 0 Å². The van der Waals surface area contributed by atoms with E-state index in [1.165, 1.54) is 18.2 Å². The molecule has 0 radical (unpaired) electrons. The van der Waals surface area contributed by atoms with Crippen LogP contribution in [0.2, 0.25) is 0 Å². The summed E-state index contributed by atoms with van der Waals surface area (Å²) in [7, 11) is 0. The van der Waals surface area contributed by atoms with E-state index >= 15 is 0 Å². The van der Waals surface area contributed by atoms with Crippen LogP contribution >= 0.6 is 0 Å². The van der Waals surface area contributed by atoms with E-state index in [0.29, 0.717) is 0 Å². The Balaban J connectivity index is 1.98. The molecule has 0 aromatic heterocycles. The Bertz CT molecular complexity index is 636. The van der Waals surface area contributed by atoms with Gasteiger partial charge >= 0.3 is 122 Å². The van der Waals surface area contributed by atoms with Gasteiger partial charge < -0.3 is 0 Å². The first kappa shape index (κ1) is 14.2. The molecule has 0 saturated carbocycles. The first-order chi connectivity index (χ1) is 9.65. The van der Waals surface area contributed by atoms with E-state index in [4.69, 9.17) is 0 Å². The predicted octanol–water partition coefficient (Wildman–Crippen LogP) is 2.16. The number of non-ortho nitro benzene ring substituents is 1. The summed E-state index contributed by atoms with van der Waals surface area (Å²) in [6.07, 6.45) is 3.20. The summed E-state index contributed by atoms with van der Waals surface area (Å²) in [4.78, 5) is 21.9. The minimum atomic E-state index is -0.447. The molecule has 0 spiro atoms. The van der Waals surface area contributed by atoms with Gasteiger partial charge in [0.25, 0.3) is 0 Å². The molecule has 2 rings (SSSR count). The molecule has 20 heavy (non-hydrogen) atoms. The number of nitro benzene ring substituents is 1. The number of benzene rings is 2. The number of nitrogens with zero attached hydrogens (tertiary/aromatic N) is 1. The van der Waals surface area contributed by atoms with Gasteiger partial charge in [0, 0.05) is 0 Å². The maximum absolute atomic E-state index is 11.8. The first-order valence-electron chi connectivity index (χ1n) is 5.84. The van der Waals surface area contributed by atoms with Crippen LogP contribution in [0.15, 0.2) is 60.7 Å². The number of nitro groups is 1. The number of carbonyl (C=O) groups excluding carboxylic acids is 1. The van der Waals surface area contributed by atoms with Crippen LogP contribution in [0.25, 0.3) is 6.08 Å². The van der Waals surface area contributed by atoms with Gasteiger partial charge in [-0.05, 0) is 0 Å². The molecular formula is C15H11NO3Se. The summed E-state index contributed by atoms with van der Waals surface area (Å²) in [6.45, 7) is 0. The topological polar surface area (TPSA) is 60.2 Å². The zero-order valence-electron chi connectivity index (χ0n) is 10.4. The van der Waals surface area contributed by atoms with E-state index in [2.05, 4.69) is 0 Å². The summed E-state index contributed by atoms with van der Waals surface area (Å²) in [5.41, 5.74) is 0.815. The van der Waals surface area contributed by atoms with Crippen molar-refractivity contribution in [3.63, 3.8) is 0 Å². The van der Waals surface area contributed by atoms with Crippen molar-refractivity contribution in [2.45, 2.75) is 0 Å². The van der Waals surface area contributed by atoms with Crippen LogP contribution in [0.4, 0.5) is 5.69 Å². The van der Waals surface area contributed by atoms with Crippen molar-refractivity contribution < 1.29 is 9.72 Å². The third-order valence-corrected chi connectivity index (χ3v) is 4.25. The molecule has 0 aliphatic rings. The zero-order chi connectivity index (χ0) is 14.4. The normalized spacial score (nSPS) is 10.6. The number of rotatable bonds is 5. The van der Waals surface area contributed by atoms with Crippen molar-refractivity contribution in [1.29, 1.82) is 0 Å². The molecule has 0 unspecified atom stereocenters. The molecule has 0 aliphatic carbocycles. The monoisotopic (exact) mass is 333 g/mol. The molecule has 100 valence electrons. The molecule has 5 heteroatoms. The maximum atomic E-state index is 11.8. The Kier molecular flexibility index (Phi) is 4.82. The summed E-state index contributed by atoms with van der Waals surface area (Å²) in [5.74, 6) is 0. The third kappa shape index (κ3) is 4.16. The Labute approximate surface area is 122 Å². The van der Waals surface area contributed by atoms with Gasteiger partial charge in [-0.2, -0.15) is 0 Å². The van der Waals surface area contributed by atoms with Crippen LogP contribution in [0.3, 0.4) is 0 Å². The van der Waals surface area contributed by atoms with Gasteiger partial charge in [0.1, 0.15) is 0 Å². The second kappa shape index (κ2) is 6.80. The third-order valence-electron chi connectivity index (χ3n) is 2.48.